The van der Waals surface area contributed by atoms with E-state index in [0.29, 0.717) is 19.6 Å². The van der Waals surface area contributed by atoms with Gasteiger partial charge in [-0.05, 0) is 45.5 Å². The molecule has 7 rings (SSSR count). The Morgan fingerprint density at radius 2 is 1.54 bits per heavy atom. The summed E-state index contributed by atoms with van der Waals surface area (Å²) in [6, 6.07) is 31.9. The second kappa shape index (κ2) is 16.6. The number of carbonyl (C=O) groups excluding carboxylic acids is 3. The fourth-order valence-electron chi connectivity index (χ4n) is 6.87. The van der Waals surface area contributed by atoms with E-state index in [4.69, 9.17) is 18.9 Å². The number of rotatable bonds is 11. The first kappa shape index (κ1) is 35.5. The summed E-state index contributed by atoms with van der Waals surface area (Å²) in [5, 5.41) is 12.1. The fourth-order valence-corrected chi connectivity index (χ4v) is 6.87. The van der Waals surface area contributed by atoms with Crippen LogP contribution in [0.4, 0.5) is 4.79 Å². The molecular weight excluding hydrogens is 662 g/mol. The highest BCUT2D eigenvalue weighted by molar-refractivity contribution is 6.06. The normalized spacial score (nSPS) is 22.4. The van der Waals surface area contributed by atoms with Crippen molar-refractivity contribution < 1.29 is 38.4 Å². The second-order valence-corrected chi connectivity index (χ2v) is 13.4. The van der Waals surface area contributed by atoms with Gasteiger partial charge in [-0.15, -0.1) is 0 Å². The van der Waals surface area contributed by atoms with Crippen LogP contribution in [0.2, 0.25) is 0 Å². The highest BCUT2D eigenvalue weighted by Crippen LogP contribution is 2.39. The molecule has 0 aliphatic carbocycles. The Morgan fingerprint density at radius 3 is 2.31 bits per heavy atom. The maximum Gasteiger partial charge on any atom is 0.408 e. The van der Waals surface area contributed by atoms with Crippen molar-refractivity contribution in [3.8, 4) is 11.1 Å². The Kier molecular flexibility index (Phi) is 11.3. The van der Waals surface area contributed by atoms with E-state index in [1.165, 1.54) is 4.90 Å². The highest BCUT2D eigenvalue weighted by atomic mass is 16.7. The summed E-state index contributed by atoms with van der Waals surface area (Å²) in [6.45, 7) is 4.04. The molecule has 1 unspecified atom stereocenters. The molecule has 3 aliphatic rings. The van der Waals surface area contributed by atoms with Crippen LogP contribution in [-0.2, 0) is 48.3 Å². The molecule has 52 heavy (non-hydrogen) atoms. The van der Waals surface area contributed by atoms with Gasteiger partial charge in [-0.3, -0.25) is 19.4 Å². The Labute approximate surface area is 303 Å². The quantitative estimate of drug-likeness (QED) is 0.201. The van der Waals surface area contributed by atoms with Crippen LogP contribution in [0.15, 0.2) is 103 Å². The molecule has 270 valence electrons. The van der Waals surface area contributed by atoms with E-state index in [9.17, 15) is 19.5 Å². The standard InChI is InChI=1S/C41H43N3O8/c45-26-28-12-14-31(15-13-28)37-22-35(25-43-16-18-49-19-17-43)51-40(52-37)34-11-5-10-33(21-34)32-9-4-8-30(20-32)24-44-38(46)23-36(39(44)47)42-41(48)50-27-29-6-2-1-3-7-29/h1-15,20-21,35-37,40,45H,16-19,22-27H2,(H,42,48)/t35-,36?,37+,40+/m0/s1. The lowest BCUT2D eigenvalue weighted by molar-refractivity contribution is -0.253. The van der Waals surface area contributed by atoms with Gasteiger partial charge in [0.1, 0.15) is 12.6 Å². The number of carbonyl (C=O) groups is 3. The molecule has 4 aromatic rings. The molecule has 3 saturated heterocycles. The van der Waals surface area contributed by atoms with Crippen LogP contribution in [0.1, 0.15) is 53.1 Å². The molecule has 11 heteroatoms. The van der Waals surface area contributed by atoms with E-state index < -0.39 is 24.3 Å². The molecule has 3 fully saturated rings. The molecule has 3 heterocycles. The number of morpholine rings is 1. The van der Waals surface area contributed by atoms with Gasteiger partial charge in [0, 0.05) is 31.6 Å². The number of hydrogen-bond donors (Lipinski definition) is 2. The lowest BCUT2D eigenvalue weighted by Gasteiger charge is -2.39. The number of alkyl carbamates (subject to hydrolysis) is 1. The number of nitrogens with zero attached hydrogens (tertiary/aromatic N) is 2. The van der Waals surface area contributed by atoms with Crippen molar-refractivity contribution >= 4 is 17.9 Å². The van der Waals surface area contributed by atoms with Crippen molar-refractivity contribution in [2.24, 2.45) is 0 Å². The number of aliphatic hydroxyl groups excluding tert-OH is 1. The van der Waals surface area contributed by atoms with Crippen LogP contribution in [0.3, 0.4) is 0 Å². The molecule has 4 aromatic carbocycles. The first-order valence-electron chi connectivity index (χ1n) is 17.7. The highest BCUT2D eigenvalue weighted by Gasteiger charge is 2.40. The second-order valence-electron chi connectivity index (χ2n) is 13.4. The molecule has 0 aromatic heterocycles. The minimum Gasteiger partial charge on any atom is -0.445 e. The zero-order valence-electron chi connectivity index (χ0n) is 28.9. The number of nitrogens with one attached hydrogen (secondary N) is 1. The van der Waals surface area contributed by atoms with Gasteiger partial charge in [-0.1, -0.05) is 91.0 Å². The third-order valence-electron chi connectivity index (χ3n) is 9.69. The van der Waals surface area contributed by atoms with Crippen molar-refractivity contribution in [3.63, 3.8) is 0 Å². The summed E-state index contributed by atoms with van der Waals surface area (Å²) in [6.07, 6.45) is -1.03. The van der Waals surface area contributed by atoms with E-state index >= 15 is 0 Å². The molecule has 0 spiro atoms. The summed E-state index contributed by atoms with van der Waals surface area (Å²) in [5.41, 5.74) is 6.21. The van der Waals surface area contributed by atoms with Gasteiger partial charge in [0.25, 0.3) is 5.91 Å². The molecule has 0 saturated carbocycles. The SMILES string of the molecule is O=C(NC1CC(=O)N(Cc2cccc(-c3cccc([C@@H]4O[C@H](CN5CCOCC5)C[C@H](c5ccc(CO)cc5)O4)c3)c2)C1=O)OCc1ccccc1. The summed E-state index contributed by atoms with van der Waals surface area (Å²) < 4.78 is 24.0. The Bertz CT molecular complexity index is 1850. The third-order valence-corrected chi connectivity index (χ3v) is 9.69. The first-order chi connectivity index (χ1) is 25.4. The van der Waals surface area contributed by atoms with Gasteiger partial charge in [0.05, 0.1) is 45.0 Å². The summed E-state index contributed by atoms with van der Waals surface area (Å²) >= 11 is 0. The van der Waals surface area contributed by atoms with Gasteiger partial charge in [0.15, 0.2) is 6.29 Å². The van der Waals surface area contributed by atoms with E-state index in [1.54, 1.807) is 0 Å². The Morgan fingerprint density at radius 1 is 0.808 bits per heavy atom. The van der Waals surface area contributed by atoms with Crippen molar-refractivity contribution in [1.82, 2.24) is 15.1 Å². The zero-order valence-corrected chi connectivity index (χ0v) is 28.9. The van der Waals surface area contributed by atoms with Gasteiger partial charge in [0.2, 0.25) is 5.91 Å². The summed E-state index contributed by atoms with van der Waals surface area (Å²) in [7, 11) is 0. The van der Waals surface area contributed by atoms with Crippen LogP contribution >= 0.6 is 0 Å². The number of likely N-dealkylation sites (tertiary alicyclic amines) is 1. The number of ether oxygens (including phenoxy) is 4. The maximum absolute atomic E-state index is 13.2. The number of hydrogen-bond acceptors (Lipinski definition) is 9. The van der Waals surface area contributed by atoms with E-state index in [-0.39, 0.29) is 44.3 Å². The van der Waals surface area contributed by atoms with Crippen LogP contribution in [0.5, 0.6) is 0 Å². The molecule has 2 N–H and O–H groups in total. The zero-order chi connectivity index (χ0) is 35.9. The van der Waals surface area contributed by atoms with Crippen molar-refractivity contribution in [3.05, 3.63) is 131 Å². The van der Waals surface area contributed by atoms with Crippen LogP contribution < -0.4 is 5.32 Å². The van der Waals surface area contributed by atoms with Crippen molar-refractivity contribution in [2.75, 3.05) is 32.8 Å². The van der Waals surface area contributed by atoms with Crippen molar-refractivity contribution in [1.29, 1.82) is 0 Å². The van der Waals surface area contributed by atoms with Gasteiger partial charge in [-0.2, -0.15) is 0 Å². The van der Waals surface area contributed by atoms with Gasteiger partial charge in [-0.25, -0.2) is 4.79 Å². The average molecular weight is 706 g/mol. The fraction of sp³-hybridized carbons (Fsp3) is 0.341. The average Bonchev–Trinajstić information content (AvgIpc) is 3.45. The molecule has 4 atom stereocenters. The molecule has 11 nitrogen and oxygen atoms in total. The van der Waals surface area contributed by atoms with E-state index in [2.05, 4.69) is 16.3 Å². The summed E-state index contributed by atoms with van der Waals surface area (Å²) in [5.74, 6) is -0.822. The van der Waals surface area contributed by atoms with Crippen LogP contribution in [0.25, 0.3) is 11.1 Å². The Balaban J connectivity index is 1.03. The third kappa shape index (κ3) is 8.75. The van der Waals surface area contributed by atoms with Crippen LogP contribution in [0, 0.1) is 0 Å². The topological polar surface area (TPSA) is 127 Å². The number of imide groups is 1. The predicted octanol–water partition coefficient (Wildman–Crippen LogP) is 5.28. The van der Waals surface area contributed by atoms with Gasteiger partial charge >= 0.3 is 6.09 Å². The first-order valence-corrected chi connectivity index (χ1v) is 17.7. The largest absolute Gasteiger partial charge is 0.445 e. The molecule has 0 bridgehead atoms. The number of aliphatic hydroxyl groups is 1. The minimum atomic E-state index is -0.977. The number of benzene rings is 4. The van der Waals surface area contributed by atoms with Gasteiger partial charge < -0.3 is 29.4 Å². The predicted molar refractivity (Wildman–Crippen MR) is 191 cm³/mol. The maximum atomic E-state index is 13.2. The van der Waals surface area contributed by atoms with Crippen molar-refractivity contribution in [2.45, 2.75) is 57.1 Å². The summed E-state index contributed by atoms with van der Waals surface area (Å²) in [4.78, 5) is 42.1. The van der Waals surface area contributed by atoms with E-state index in [1.807, 2.05) is 97.1 Å². The Hall–Kier alpha value is -4.91. The molecule has 0 radical (unpaired) electrons. The number of amides is 3. The monoisotopic (exact) mass is 705 g/mol. The lowest BCUT2D eigenvalue weighted by atomic mass is 9.98. The van der Waals surface area contributed by atoms with Crippen LogP contribution in [-0.4, -0.2) is 77.8 Å². The minimum absolute atomic E-state index is 0.0143. The lowest BCUT2D eigenvalue weighted by Crippen LogP contribution is -2.44. The molecular formula is C41H43N3O8. The van der Waals surface area contributed by atoms with E-state index in [0.717, 1.165) is 58.6 Å². The molecule has 3 aliphatic heterocycles. The smallest absolute Gasteiger partial charge is 0.408 e. The molecule has 3 amide bonds.